The molecule has 0 bridgehead atoms. The standard InChI is InChI=1S/C13H18ClFN2O2/c1-9(13(16)18)17(6-7-19-2)8-10-11(14)4-3-5-12(10)15/h3-5,9H,6-8H2,1-2H3,(H2,16,18). The van der Waals surface area contributed by atoms with Crippen molar-refractivity contribution in [3.05, 3.63) is 34.6 Å². The van der Waals surface area contributed by atoms with Gasteiger partial charge in [0.1, 0.15) is 5.82 Å². The average molecular weight is 289 g/mol. The summed E-state index contributed by atoms with van der Waals surface area (Å²) in [5.74, 6) is -0.866. The minimum absolute atomic E-state index is 0.207. The molecule has 4 nitrogen and oxygen atoms in total. The maximum atomic E-state index is 13.7. The fourth-order valence-corrected chi connectivity index (χ4v) is 1.91. The van der Waals surface area contributed by atoms with E-state index in [1.807, 2.05) is 0 Å². The second-order valence-corrected chi connectivity index (χ2v) is 4.65. The summed E-state index contributed by atoms with van der Waals surface area (Å²) in [4.78, 5) is 13.0. The lowest BCUT2D eigenvalue weighted by molar-refractivity contribution is -0.123. The molecule has 0 aliphatic carbocycles. The SMILES string of the molecule is COCCN(Cc1c(F)cccc1Cl)C(C)C(N)=O. The van der Waals surface area contributed by atoms with Gasteiger partial charge >= 0.3 is 0 Å². The lowest BCUT2D eigenvalue weighted by atomic mass is 10.1. The van der Waals surface area contributed by atoms with Gasteiger partial charge in [-0.05, 0) is 19.1 Å². The molecule has 1 atom stereocenters. The molecule has 1 amide bonds. The highest BCUT2D eigenvalue weighted by atomic mass is 35.5. The average Bonchev–Trinajstić information content (AvgIpc) is 2.36. The van der Waals surface area contributed by atoms with Crippen LogP contribution >= 0.6 is 11.6 Å². The van der Waals surface area contributed by atoms with Gasteiger partial charge in [0.25, 0.3) is 0 Å². The summed E-state index contributed by atoms with van der Waals surface area (Å²) in [7, 11) is 1.56. The van der Waals surface area contributed by atoms with E-state index in [1.165, 1.54) is 12.1 Å². The molecule has 106 valence electrons. The van der Waals surface area contributed by atoms with Crippen LogP contribution in [0.2, 0.25) is 5.02 Å². The summed E-state index contributed by atoms with van der Waals surface area (Å²) < 4.78 is 18.7. The lowest BCUT2D eigenvalue weighted by Crippen LogP contribution is -2.43. The van der Waals surface area contributed by atoms with Gasteiger partial charge in [-0.25, -0.2) is 4.39 Å². The highest BCUT2D eigenvalue weighted by molar-refractivity contribution is 6.31. The fraction of sp³-hybridized carbons (Fsp3) is 0.462. The van der Waals surface area contributed by atoms with Crippen molar-refractivity contribution in [2.75, 3.05) is 20.3 Å². The minimum atomic E-state index is -0.522. The number of ether oxygens (including phenoxy) is 1. The number of primary amides is 1. The molecule has 0 aromatic heterocycles. The highest BCUT2D eigenvalue weighted by Crippen LogP contribution is 2.21. The molecular weight excluding hydrogens is 271 g/mol. The Morgan fingerprint density at radius 3 is 2.79 bits per heavy atom. The highest BCUT2D eigenvalue weighted by Gasteiger charge is 2.21. The maximum Gasteiger partial charge on any atom is 0.234 e. The number of carbonyl (C=O) groups excluding carboxylic acids is 1. The van der Waals surface area contributed by atoms with Crippen molar-refractivity contribution in [1.29, 1.82) is 0 Å². The Kier molecular flexibility index (Phi) is 6.21. The molecule has 6 heteroatoms. The Balaban J connectivity index is 2.90. The van der Waals surface area contributed by atoms with E-state index in [9.17, 15) is 9.18 Å². The third-order valence-corrected chi connectivity index (χ3v) is 3.32. The van der Waals surface area contributed by atoms with Crippen molar-refractivity contribution < 1.29 is 13.9 Å². The van der Waals surface area contributed by atoms with Crippen LogP contribution in [0.3, 0.4) is 0 Å². The molecule has 0 radical (unpaired) electrons. The number of hydrogen-bond donors (Lipinski definition) is 1. The molecule has 1 aromatic carbocycles. The van der Waals surface area contributed by atoms with Gasteiger partial charge in [0.2, 0.25) is 5.91 Å². The monoisotopic (exact) mass is 288 g/mol. The van der Waals surface area contributed by atoms with Crippen molar-refractivity contribution in [2.24, 2.45) is 5.73 Å². The summed E-state index contributed by atoms with van der Waals surface area (Å²) >= 11 is 5.98. The quantitative estimate of drug-likeness (QED) is 0.832. The number of halogens is 2. The summed E-state index contributed by atoms with van der Waals surface area (Å²) in [5, 5.41) is 0.332. The van der Waals surface area contributed by atoms with Gasteiger partial charge in [0.05, 0.1) is 12.6 Å². The second-order valence-electron chi connectivity index (χ2n) is 4.24. The number of rotatable bonds is 7. The fourth-order valence-electron chi connectivity index (χ4n) is 1.68. The van der Waals surface area contributed by atoms with Crippen molar-refractivity contribution in [2.45, 2.75) is 19.5 Å². The Labute approximate surface area is 117 Å². The first-order valence-electron chi connectivity index (χ1n) is 5.92. The predicted octanol–water partition coefficient (Wildman–Crippen LogP) is 1.80. The van der Waals surface area contributed by atoms with Crippen LogP contribution in [0.25, 0.3) is 0 Å². The molecular formula is C13H18ClFN2O2. The van der Waals surface area contributed by atoms with Crippen molar-refractivity contribution in [3.63, 3.8) is 0 Å². The van der Waals surface area contributed by atoms with Crippen molar-refractivity contribution in [1.82, 2.24) is 4.90 Å². The first-order valence-corrected chi connectivity index (χ1v) is 6.30. The molecule has 19 heavy (non-hydrogen) atoms. The molecule has 1 aromatic rings. The Bertz CT molecular complexity index is 422. The summed E-state index contributed by atoms with van der Waals surface area (Å²) in [6, 6.07) is 3.97. The molecule has 0 fully saturated rings. The largest absolute Gasteiger partial charge is 0.383 e. The van der Waals surface area contributed by atoms with Crippen LogP contribution in [0, 0.1) is 5.82 Å². The van der Waals surface area contributed by atoms with E-state index in [4.69, 9.17) is 22.1 Å². The third-order valence-electron chi connectivity index (χ3n) is 2.96. The van der Waals surface area contributed by atoms with E-state index in [-0.39, 0.29) is 6.54 Å². The maximum absolute atomic E-state index is 13.7. The summed E-state index contributed by atoms with van der Waals surface area (Å²) in [6.45, 7) is 2.76. The van der Waals surface area contributed by atoms with Crippen LogP contribution in [0.15, 0.2) is 18.2 Å². The van der Waals surface area contributed by atoms with Crippen LogP contribution in [0.5, 0.6) is 0 Å². The predicted molar refractivity (Wildman–Crippen MR) is 72.4 cm³/mol. The molecule has 0 saturated heterocycles. The normalized spacial score (nSPS) is 12.7. The van der Waals surface area contributed by atoms with Gasteiger partial charge in [-0.2, -0.15) is 0 Å². The zero-order valence-corrected chi connectivity index (χ0v) is 11.8. The summed E-state index contributed by atoms with van der Waals surface area (Å²) in [5.41, 5.74) is 5.65. The molecule has 0 aliphatic heterocycles. The van der Waals surface area contributed by atoms with E-state index in [1.54, 1.807) is 25.0 Å². The van der Waals surface area contributed by atoms with Crippen molar-refractivity contribution in [3.8, 4) is 0 Å². The van der Waals surface area contributed by atoms with Gasteiger partial charge < -0.3 is 10.5 Å². The summed E-state index contributed by atoms with van der Waals surface area (Å²) in [6.07, 6.45) is 0. The van der Waals surface area contributed by atoms with Gasteiger partial charge in [0.15, 0.2) is 0 Å². The number of hydrogen-bond acceptors (Lipinski definition) is 3. The Hall–Kier alpha value is -1.17. The Morgan fingerprint density at radius 2 is 2.26 bits per heavy atom. The van der Waals surface area contributed by atoms with Crippen LogP contribution < -0.4 is 5.73 Å². The van der Waals surface area contributed by atoms with Crippen LogP contribution in [0.1, 0.15) is 12.5 Å². The molecule has 0 spiro atoms. The molecule has 1 unspecified atom stereocenters. The molecule has 0 heterocycles. The van der Waals surface area contributed by atoms with E-state index < -0.39 is 17.8 Å². The zero-order valence-electron chi connectivity index (χ0n) is 11.0. The molecule has 2 N–H and O–H groups in total. The number of methoxy groups -OCH3 is 1. The topological polar surface area (TPSA) is 55.6 Å². The van der Waals surface area contributed by atoms with Crippen LogP contribution in [0.4, 0.5) is 4.39 Å². The molecule has 1 rings (SSSR count). The first-order chi connectivity index (χ1) is 8.97. The number of amides is 1. The smallest absolute Gasteiger partial charge is 0.234 e. The van der Waals surface area contributed by atoms with Gasteiger partial charge in [0, 0.05) is 30.8 Å². The lowest BCUT2D eigenvalue weighted by Gasteiger charge is -2.27. The van der Waals surface area contributed by atoms with Gasteiger partial charge in [-0.1, -0.05) is 17.7 Å². The first kappa shape index (κ1) is 15.9. The zero-order chi connectivity index (χ0) is 14.4. The second kappa shape index (κ2) is 7.43. The van der Waals surface area contributed by atoms with E-state index in [0.29, 0.717) is 23.7 Å². The van der Waals surface area contributed by atoms with Gasteiger partial charge in [-0.3, -0.25) is 9.69 Å². The number of nitrogens with two attached hydrogens (primary N) is 1. The van der Waals surface area contributed by atoms with E-state index in [2.05, 4.69) is 0 Å². The molecule has 0 saturated carbocycles. The van der Waals surface area contributed by atoms with Crippen LogP contribution in [-0.2, 0) is 16.1 Å². The third kappa shape index (κ3) is 4.45. The van der Waals surface area contributed by atoms with Gasteiger partial charge in [-0.15, -0.1) is 0 Å². The number of carbonyl (C=O) groups is 1. The molecule has 0 aliphatic rings. The van der Waals surface area contributed by atoms with Crippen molar-refractivity contribution >= 4 is 17.5 Å². The van der Waals surface area contributed by atoms with E-state index in [0.717, 1.165) is 0 Å². The minimum Gasteiger partial charge on any atom is -0.383 e. The Morgan fingerprint density at radius 1 is 1.58 bits per heavy atom. The van der Waals surface area contributed by atoms with E-state index >= 15 is 0 Å². The number of benzene rings is 1. The number of nitrogens with zero attached hydrogens (tertiary/aromatic N) is 1. The van der Waals surface area contributed by atoms with Crippen LogP contribution in [-0.4, -0.2) is 37.1 Å².